The number of primary sulfonamides is 1. The second-order valence-corrected chi connectivity index (χ2v) is 6.97. The summed E-state index contributed by atoms with van der Waals surface area (Å²) in [6, 6.07) is 1.13. The molecule has 5 nitrogen and oxygen atoms in total. The molecule has 1 aliphatic heterocycles. The quantitative estimate of drug-likeness (QED) is 0.699. The Bertz CT molecular complexity index is 335. The van der Waals surface area contributed by atoms with Gasteiger partial charge in [0.1, 0.15) is 0 Å². The third-order valence-electron chi connectivity index (χ3n) is 3.59. The van der Waals surface area contributed by atoms with E-state index in [4.69, 9.17) is 5.14 Å². The van der Waals surface area contributed by atoms with Crippen LogP contribution in [0.4, 0.5) is 0 Å². The lowest BCUT2D eigenvalue weighted by Crippen LogP contribution is -2.46. The number of nitrogens with one attached hydrogen (secondary N) is 1. The van der Waals surface area contributed by atoms with Crippen LogP contribution >= 0.6 is 0 Å². The molecule has 0 aromatic rings. The van der Waals surface area contributed by atoms with E-state index in [1.165, 1.54) is 32.1 Å². The first-order valence-electron chi connectivity index (χ1n) is 6.52. The molecule has 0 aromatic carbocycles. The Morgan fingerprint density at radius 3 is 2.53 bits per heavy atom. The van der Waals surface area contributed by atoms with Crippen molar-refractivity contribution in [3.8, 4) is 0 Å². The third kappa shape index (κ3) is 4.91. The number of sulfonamides is 1. The summed E-state index contributed by atoms with van der Waals surface area (Å²) in [5.41, 5.74) is 0. The fourth-order valence-electron chi connectivity index (χ4n) is 2.47. The summed E-state index contributed by atoms with van der Waals surface area (Å²) in [6.45, 7) is 2.65. The molecule has 2 fully saturated rings. The molecule has 2 aliphatic rings. The van der Waals surface area contributed by atoms with Crippen LogP contribution in [-0.4, -0.2) is 50.8 Å². The second kappa shape index (κ2) is 5.65. The summed E-state index contributed by atoms with van der Waals surface area (Å²) >= 11 is 0. The van der Waals surface area contributed by atoms with Gasteiger partial charge in [-0.15, -0.1) is 0 Å². The minimum atomic E-state index is -3.33. The summed E-state index contributed by atoms with van der Waals surface area (Å²) in [5, 5.41) is 8.57. The summed E-state index contributed by atoms with van der Waals surface area (Å²) in [6.07, 6.45) is 6.16. The molecule has 0 bridgehead atoms. The molecule has 3 N–H and O–H groups in total. The van der Waals surface area contributed by atoms with Gasteiger partial charge in [-0.25, -0.2) is 13.6 Å². The Labute approximate surface area is 104 Å². The zero-order valence-electron chi connectivity index (χ0n) is 10.3. The van der Waals surface area contributed by atoms with E-state index in [1.807, 2.05) is 0 Å². The Hall–Kier alpha value is -0.170. The van der Waals surface area contributed by atoms with Gasteiger partial charge < -0.3 is 5.32 Å². The van der Waals surface area contributed by atoms with Crippen LogP contribution in [0.1, 0.15) is 32.1 Å². The van der Waals surface area contributed by atoms with Crippen molar-refractivity contribution in [1.82, 2.24) is 10.2 Å². The van der Waals surface area contributed by atoms with Crippen LogP contribution in [0.15, 0.2) is 0 Å². The highest BCUT2D eigenvalue weighted by atomic mass is 32.2. The predicted octanol–water partition coefficient (Wildman–Crippen LogP) is -0.119. The van der Waals surface area contributed by atoms with Gasteiger partial charge in [0.25, 0.3) is 0 Å². The molecule has 6 heteroatoms. The molecule has 0 aromatic heterocycles. The van der Waals surface area contributed by atoms with Crippen molar-refractivity contribution >= 4 is 10.0 Å². The molecule has 0 spiro atoms. The molecule has 1 heterocycles. The van der Waals surface area contributed by atoms with Crippen LogP contribution in [0, 0.1) is 0 Å². The van der Waals surface area contributed by atoms with Crippen molar-refractivity contribution in [3.63, 3.8) is 0 Å². The lowest BCUT2D eigenvalue weighted by atomic mass is 10.0. The molecule has 17 heavy (non-hydrogen) atoms. The average Bonchev–Trinajstić information content (AvgIpc) is 3.08. The monoisotopic (exact) mass is 261 g/mol. The summed E-state index contributed by atoms with van der Waals surface area (Å²) in [5.74, 6) is 0.0796. The van der Waals surface area contributed by atoms with Crippen LogP contribution < -0.4 is 10.5 Å². The van der Waals surface area contributed by atoms with E-state index in [-0.39, 0.29) is 5.75 Å². The Kier molecular flexibility index (Phi) is 4.41. The van der Waals surface area contributed by atoms with Gasteiger partial charge in [-0.1, -0.05) is 6.42 Å². The molecule has 1 atom stereocenters. The molecule has 100 valence electrons. The lowest BCUT2D eigenvalue weighted by molar-refractivity contribution is 0.226. The predicted molar refractivity (Wildman–Crippen MR) is 68.2 cm³/mol. The summed E-state index contributed by atoms with van der Waals surface area (Å²) < 4.78 is 22.0. The van der Waals surface area contributed by atoms with E-state index >= 15 is 0 Å². The molecule has 0 radical (unpaired) electrons. The van der Waals surface area contributed by atoms with Crippen LogP contribution in [0.5, 0.6) is 0 Å². The van der Waals surface area contributed by atoms with E-state index in [9.17, 15) is 8.42 Å². The SMILES string of the molecule is NS(=O)(=O)CCN(CC1CCCCN1)C1CC1. The van der Waals surface area contributed by atoms with Gasteiger partial charge in [-0.05, 0) is 32.2 Å². The average molecular weight is 261 g/mol. The fourth-order valence-corrected chi connectivity index (χ4v) is 2.96. The first kappa shape index (κ1) is 13.3. The van der Waals surface area contributed by atoms with Gasteiger partial charge in [0.05, 0.1) is 5.75 Å². The van der Waals surface area contributed by atoms with Crippen molar-refractivity contribution in [3.05, 3.63) is 0 Å². The van der Waals surface area contributed by atoms with Gasteiger partial charge in [0, 0.05) is 25.2 Å². The number of hydrogen-bond acceptors (Lipinski definition) is 4. The normalized spacial score (nSPS) is 26.4. The number of piperidine rings is 1. The molecule has 0 amide bonds. The number of rotatable bonds is 6. The highest BCUT2D eigenvalue weighted by Crippen LogP contribution is 2.27. The summed E-state index contributed by atoms with van der Waals surface area (Å²) in [4.78, 5) is 2.30. The number of hydrogen-bond donors (Lipinski definition) is 2. The number of nitrogens with zero attached hydrogens (tertiary/aromatic N) is 1. The van der Waals surface area contributed by atoms with Crippen LogP contribution in [0.3, 0.4) is 0 Å². The smallest absolute Gasteiger partial charge is 0.210 e. The molecule has 1 saturated heterocycles. The standard InChI is InChI=1S/C11H23N3O2S/c12-17(15,16)8-7-14(11-4-5-11)9-10-3-1-2-6-13-10/h10-11,13H,1-9H2,(H2,12,15,16). The highest BCUT2D eigenvalue weighted by molar-refractivity contribution is 7.89. The molecular weight excluding hydrogens is 238 g/mol. The van der Waals surface area contributed by atoms with E-state index in [2.05, 4.69) is 10.2 Å². The zero-order valence-corrected chi connectivity index (χ0v) is 11.1. The Balaban J connectivity index is 1.79. The largest absolute Gasteiger partial charge is 0.313 e. The topological polar surface area (TPSA) is 75.4 Å². The second-order valence-electron chi connectivity index (χ2n) is 5.24. The van der Waals surface area contributed by atoms with E-state index in [0.29, 0.717) is 18.6 Å². The minimum absolute atomic E-state index is 0.0796. The van der Waals surface area contributed by atoms with Crippen LogP contribution in [0.2, 0.25) is 0 Å². The maximum Gasteiger partial charge on any atom is 0.210 e. The number of nitrogens with two attached hydrogens (primary N) is 1. The molecule has 2 rings (SSSR count). The van der Waals surface area contributed by atoms with E-state index in [1.54, 1.807) is 0 Å². The molecule has 1 saturated carbocycles. The Morgan fingerprint density at radius 2 is 2.00 bits per heavy atom. The Morgan fingerprint density at radius 1 is 1.24 bits per heavy atom. The highest BCUT2D eigenvalue weighted by Gasteiger charge is 2.31. The van der Waals surface area contributed by atoms with Crippen LogP contribution in [0.25, 0.3) is 0 Å². The lowest BCUT2D eigenvalue weighted by Gasteiger charge is -2.30. The minimum Gasteiger partial charge on any atom is -0.313 e. The van der Waals surface area contributed by atoms with Crippen molar-refractivity contribution in [1.29, 1.82) is 0 Å². The van der Waals surface area contributed by atoms with Gasteiger partial charge >= 0.3 is 0 Å². The van der Waals surface area contributed by atoms with Crippen molar-refractivity contribution in [2.75, 3.05) is 25.4 Å². The van der Waals surface area contributed by atoms with Gasteiger partial charge in [0.15, 0.2) is 0 Å². The van der Waals surface area contributed by atoms with Gasteiger partial charge in [0.2, 0.25) is 10.0 Å². The van der Waals surface area contributed by atoms with Crippen LogP contribution in [-0.2, 0) is 10.0 Å². The van der Waals surface area contributed by atoms with Crippen molar-refractivity contribution < 1.29 is 8.42 Å². The van der Waals surface area contributed by atoms with Gasteiger partial charge in [-0.2, -0.15) is 0 Å². The maximum absolute atomic E-state index is 11.0. The molecule has 1 aliphatic carbocycles. The molecule has 1 unspecified atom stereocenters. The van der Waals surface area contributed by atoms with Gasteiger partial charge in [-0.3, -0.25) is 4.90 Å². The zero-order chi connectivity index (χ0) is 12.3. The first-order chi connectivity index (χ1) is 8.04. The third-order valence-corrected chi connectivity index (χ3v) is 4.35. The maximum atomic E-state index is 11.0. The summed E-state index contributed by atoms with van der Waals surface area (Å²) in [7, 11) is -3.33. The van der Waals surface area contributed by atoms with E-state index in [0.717, 1.165) is 13.1 Å². The first-order valence-corrected chi connectivity index (χ1v) is 8.24. The van der Waals surface area contributed by atoms with Crippen molar-refractivity contribution in [2.24, 2.45) is 5.14 Å². The van der Waals surface area contributed by atoms with Crippen molar-refractivity contribution in [2.45, 2.75) is 44.2 Å². The molecular formula is C11H23N3O2S. The van der Waals surface area contributed by atoms with E-state index < -0.39 is 10.0 Å². The fraction of sp³-hybridized carbons (Fsp3) is 1.00.